The Morgan fingerprint density at radius 2 is 2.00 bits per heavy atom. The Morgan fingerprint density at radius 1 is 1.14 bits per heavy atom. The van der Waals surface area contributed by atoms with E-state index in [2.05, 4.69) is 15.3 Å². The van der Waals surface area contributed by atoms with E-state index in [-0.39, 0.29) is 11.3 Å². The third kappa shape index (κ3) is 2.64. The average Bonchev–Trinajstić information content (AvgIpc) is 2.50. The molecule has 6 heteroatoms. The van der Waals surface area contributed by atoms with Crippen LogP contribution >= 0.6 is 11.6 Å². The highest BCUT2D eigenvalue weighted by molar-refractivity contribution is 6.36. The first-order valence-electron chi connectivity index (χ1n) is 6.19. The molecule has 0 saturated carbocycles. The molecule has 2 heterocycles. The van der Waals surface area contributed by atoms with E-state index in [0.29, 0.717) is 16.2 Å². The Labute approximate surface area is 124 Å². The van der Waals surface area contributed by atoms with Crippen molar-refractivity contribution < 1.29 is 4.79 Å². The number of carbonyl (C=O) groups is 1. The number of hydrogen-bond donors (Lipinski definition) is 2. The van der Waals surface area contributed by atoms with Gasteiger partial charge in [0.1, 0.15) is 5.69 Å². The summed E-state index contributed by atoms with van der Waals surface area (Å²) in [6, 6.07) is 11.4. The van der Waals surface area contributed by atoms with E-state index in [1.165, 1.54) is 18.2 Å². The van der Waals surface area contributed by atoms with Gasteiger partial charge >= 0.3 is 0 Å². The lowest BCUT2D eigenvalue weighted by Gasteiger charge is -2.08. The Kier molecular flexibility index (Phi) is 3.41. The molecular formula is C15H10ClN3O2. The molecule has 0 unspecified atom stereocenters. The van der Waals surface area contributed by atoms with E-state index in [4.69, 9.17) is 11.6 Å². The molecule has 2 aromatic heterocycles. The number of halogens is 1. The van der Waals surface area contributed by atoms with E-state index in [1.54, 1.807) is 24.4 Å². The molecule has 2 N–H and O–H groups in total. The van der Waals surface area contributed by atoms with Gasteiger partial charge in [0.05, 0.1) is 16.2 Å². The molecule has 0 aliphatic rings. The van der Waals surface area contributed by atoms with Gasteiger partial charge in [0.2, 0.25) is 5.56 Å². The van der Waals surface area contributed by atoms with E-state index in [9.17, 15) is 9.59 Å². The van der Waals surface area contributed by atoms with Gasteiger partial charge in [0.15, 0.2) is 0 Å². The van der Waals surface area contributed by atoms with Crippen molar-refractivity contribution in [2.45, 2.75) is 0 Å². The number of carbonyl (C=O) groups excluding carboxylic acids is 1. The lowest BCUT2D eigenvalue weighted by molar-refractivity contribution is 0.102. The third-order valence-electron chi connectivity index (χ3n) is 2.98. The van der Waals surface area contributed by atoms with Crippen molar-refractivity contribution in [3.8, 4) is 0 Å². The maximum Gasteiger partial charge on any atom is 0.272 e. The van der Waals surface area contributed by atoms with Gasteiger partial charge in [-0.25, -0.2) is 0 Å². The molecule has 21 heavy (non-hydrogen) atoms. The third-order valence-corrected chi connectivity index (χ3v) is 3.31. The van der Waals surface area contributed by atoms with Gasteiger partial charge in [-0.05, 0) is 30.3 Å². The fourth-order valence-electron chi connectivity index (χ4n) is 2.01. The predicted molar refractivity (Wildman–Crippen MR) is 81.8 cm³/mol. The second-order valence-corrected chi connectivity index (χ2v) is 4.78. The first-order valence-corrected chi connectivity index (χ1v) is 6.57. The minimum absolute atomic E-state index is 0.182. The number of rotatable bonds is 2. The van der Waals surface area contributed by atoms with Crippen LogP contribution in [0.2, 0.25) is 5.02 Å². The first-order chi connectivity index (χ1) is 10.1. The molecule has 3 rings (SSSR count). The van der Waals surface area contributed by atoms with Crippen LogP contribution < -0.4 is 10.9 Å². The van der Waals surface area contributed by atoms with Crippen molar-refractivity contribution in [1.82, 2.24) is 9.97 Å². The summed E-state index contributed by atoms with van der Waals surface area (Å²) in [5.41, 5.74) is 0.976. The summed E-state index contributed by atoms with van der Waals surface area (Å²) >= 11 is 6.10. The molecular weight excluding hydrogens is 290 g/mol. The van der Waals surface area contributed by atoms with E-state index >= 15 is 0 Å². The number of pyridine rings is 2. The average molecular weight is 300 g/mol. The molecule has 0 aliphatic carbocycles. The number of benzene rings is 1. The van der Waals surface area contributed by atoms with Gasteiger partial charge in [-0.3, -0.25) is 14.6 Å². The fourth-order valence-corrected chi connectivity index (χ4v) is 2.22. The van der Waals surface area contributed by atoms with Gasteiger partial charge in [-0.2, -0.15) is 0 Å². The van der Waals surface area contributed by atoms with Crippen LogP contribution in [-0.4, -0.2) is 15.9 Å². The summed E-state index contributed by atoms with van der Waals surface area (Å²) in [5.74, 6) is -0.415. The zero-order valence-electron chi connectivity index (χ0n) is 10.8. The number of H-pyrrole nitrogens is 1. The molecule has 1 amide bonds. The van der Waals surface area contributed by atoms with Crippen LogP contribution in [0.1, 0.15) is 10.5 Å². The molecule has 0 radical (unpaired) electrons. The number of hydrogen-bond acceptors (Lipinski definition) is 3. The maximum absolute atomic E-state index is 12.2. The van der Waals surface area contributed by atoms with Crippen LogP contribution in [0.5, 0.6) is 0 Å². The number of nitrogens with one attached hydrogen (secondary N) is 2. The highest BCUT2D eigenvalue weighted by Crippen LogP contribution is 2.28. The highest BCUT2D eigenvalue weighted by Gasteiger charge is 2.11. The Morgan fingerprint density at radius 3 is 2.81 bits per heavy atom. The molecule has 3 aromatic rings. The molecule has 0 fully saturated rings. The SMILES string of the molecule is O=C(Nc1ccc(Cl)c2cccnc12)c1cccc(=O)[nH]1. The lowest BCUT2D eigenvalue weighted by atomic mass is 10.2. The Hall–Kier alpha value is -2.66. The van der Waals surface area contributed by atoms with Crippen LogP contribution in [0.25, 0.3) is 10.9 Å². The molecule has 0 spiro atoms. The second-order valence-electron chi connectivity index (χ2n) is 4.38. The number of fused-ring (bicyclic) bond motifs is 1. The number of anilines is 1. The number of nitrogens with zero attached hydrogens (tertiary/aromatic N) is 1. The van der Waals surface area contributed by atoms with E-state index in [0.717, 1.165) is 5.39 Å². The van der Waals surface area contributed by atoms with Crippen molar-refractivity contribution in [3.63, 3.8) is 0 Å². The van der Waals surface area contributed by atoms with Crippen LogP contribution in [0.3, 0.4) is 0 Å². The van der Waals surface area contributed by atoms with Crippen molar-refractivity contribution in [2.75, 3.05) is 5.32 Å². The Bertz CT molecular complexity index is 889. The number of aromatic nitrogens is 2. The van der Waals surface area contributed by atoms with Crippen molar-refractivity contribution in [1.29, 1.82) is 0 Å². The topological polar surface area (TPSA) is 74.8 Å². The fraction of sp³-hybridized carbons (Fsp3) is 0. The van der Waals surface area contributed by atoms with Gasteiger partial charge in [0.25, 0.3) is 5.91 Å². The van der Waals surface area contributed by atoms with Crippen LogP contribution in [0, 0.1) is 0 Å². The Balaban J connectivity index is 2.01. The minimum atomic E-state index is -0.415. The molecule has 0 aliphatic heterocycles. The standard InChI is InChI=1S/C15H10ClN3O2/c16-10-6-7-11(14-9(10)3-2-8-17-14)19-15(21)12-4-1-5-13(20)18-12/h1-8H,(H,18,20)(H,19,21). The molecule has 0 bridgehead atoms. The van der Waals surface area contributed by atoms with E-state index < -0.39 is 5.91 Å². The van der Waals surface area contributed by atoms with Crippen LogP contribution in [-0.2, 0) is 0 Å². The summed E-state index contributed by atoms with van der Waals surface area (Å²) in [7, 11) is 0. The smallest absolute Gasteiger partial charge is 0.272 e. The van der Waals surface area contributed by atoms with Crippen LogP contribution in [0.15, 0.2) is 53.5 Å². The largest absolute Gasteiger partial charge is 0.319 e. The van der Waals surface area contributed by atoms with Gasteiger partial charge in [0, 0.05) is 17.6 Å². The summed E-state index contributed by atoms with van der Waals surface area (Å²) < 4.78 is 0. The normalized spacial score (nSPS) is 10.5. The van der Waals surface area contributed by atoms with Gasteiger partial charge < -0.3 is 10.3 Å². The predicted octanol–water partition coefficient (Wildman–Crippen LogP) is 2.83. The molecule has 1 aromatic carbocycles. The molecule has 5 nitrogen and oxygen atoms in total. The highest BCUT2D eigenvalue weighted by atomic mass is 35.5. The molecule has 0 saturated heterocycles. The number of aromatic amines is 1. The zero-order chi connectivity index (χ0) is 14.8. The lowest BCUT2D eigenvalue weighted by Crippen LogP contribution is -2.18. The second kappa shape index (κ2) is 5.38. The van der Waals surface area contributed by atoms with Crippen LogP contribution in [0.4, 0.5) is 5.69 Å². The summed E-state index contributed by atoms with van der Waals surface area (Å²) in [6.45, 7) is 0. The summed E-state index contributed by atoms with van der Waals surface area (Å²) in [6.07, 6.45) is 1.62. The maximum atomic E-state index is 12.2. The molecule has 0 atom stereocenters. The summed E-state index contributed by atoms with van der Waals surface area (Å²) in [5, 5.41) is 4.03. The van der Waals surface area contributed by atoms with Crippen molar-refractivity contribution in [2.24, 2.45) is 0 Å². The van der Waals surface area contributed by atoms with E-state index in [1.807, 2.05) is 6.07 Å². The minimum Gasteiger partial charge on any atom is -0.319 e. The van der Waals surface area contributed by atoms with Gasteiger partial charge in [-0.1, -0.05) is 17.7 Å². The number of amides is 1. The quantitative estimate of drug-likeness (QED) is 0.764. The van der Waals surface area contributed by atoms with Crippen molar-refractivity contribution >= 4 is 34.1 Å². The van der Waals surface area contributed by atoms with Gasteiger partial charge in [-0.15, -0.1) is 0 Å². The first kappa shape index (κ1) is 13.3. The zero-order valence-corrected chi connectivity index (χ0v) is 11.5. The summed E-state index contributed by atoms with van der Waals surface area (Å²) in [4.78, 5) is 30.1. The monoisotopic (exact) mass is 299 g/mol. The molecule has 104 valence electrons. The van der Waals surface area contributed by atoms with Crippen molar-refractivity contribution in [3.05, 3.63) is 69.7 Å².